The fraction of sp³-hybridized carbons (Fsp3) is 0.143. The Morgan fingerprint density at radius 3 is 2.63 bits per heavy atom. The smallest absolute Gasteiger partial charge is 0.328 e. The zero-order valence-corrected chi connectivity index (χ0v) is 10.7. The summed E-state index contributed by atoms with van der Waals surface area (Å²) in [6.07, 6.45) is 4.27. The molecule has 1 N–H and O–H groups in total. The molecule has 0 amide bonds. The number of rotatable bonds is 4. The normalized spacial score (nSPS) is 10.8. The molecule has 0 fully saturated rings. The van der Waals surface area contributed by atoms with Crippen LogP contribution in [0.4, 0.5) is 0 Å². The summed E-state index contributed by atoms with van der Waals surface area (Å²) in [5, 5.41) is 12.9. The number of hydrogen-bond donors (Lipinski definition) is 1. The maximum Gasteiger partial charge on any atom is 0.328 e. The predicted octanol–water partition coefficient (Wildman–Crippen LogP) is 2.29. The predicted molar refractivity (Wildman–Crippen MR) is 71.5 cm³/mol. The van der Waals surface area contributed by atoms with Crippen LogP contribution in [0.25, 0.3) is 11.8 Å². The summed E-state index contributed by atoms with van der Waals surface area (Å²) in [7, 11) is 1.61. The molecular weight excluding hydrogens is 244 g/mol. The van der Waals surface area contributed by atoms with Gasteiger partial charge >= 0.3 is 5.97 Å². The molecule has 0 aliphatic heterocycles. The number of methoxy groups -OCH3 is 1. The summed E-state index contributed by atoms with van der Waals surface area (Å²) in [5.74, 6) is -0.198. The number of carbonyl (C=O) groups is 1. The zero-order valence-electron chi connectivity index (χ0n) is 10.7. The first-order valence-corrected chi connectivity index (χ1v) is 5.72. The van der Waals surface area contributed by atoms with Crippen molar-refractivity contribution in [1.82, 2.24) is 9.78 Å². The maximum atomic E-state index is 10.5. The number of ether oxygens (including phenoxy) is 1. The molecule has 0 bridgehead atoms. The summed E-state index contributed by atoms with van der Waals surface area (Å²) in [6.45, 7) is 1.89. The Morgan fingerprint density at radius 2 is 2.05 bits per heavy atom. The van der Waals surface area contributed by atoms with Crippen molar-refractivity contribution in [2.24, 2.45) is 0 Å². The van der Waals surface area contributed by atoms with E-state index in [-0.39, 0.29) is 0 Å². The number of nitrogens with zero attached hydrogens (tertiary/aromatic N) is 2. The fourth-order valence-electron chi connectivity index (χ4n) is 1.73. The monoisotopic (exact) mass is 258 g/mol. The maximum absolute atomic E-state index is 10.5. The average molecular weight is 258 g/mol. The Balaban J connectivity index is 2.32. The molecule has 0 aliphatic rings. The van der Waals surface area contributed by atoms with E-state index in [0.29, 0.717) is 0 Å². The highest BCUT2D eigenvalue weighted by atomic mass is 16.5. The lowest BCUT2D eigenvalue weighted by molar-refractivity contribution is -0.131. The molecule has 5 nitrogen and oxygen atoms in total. The molecule has 98 valence electrons. The summed E-state index contributed by atoms with van der Waals surface area (Å²) in [4.78, 5) is 10.5. The molecule has 1 heterocycles. The second-order valence-corrected chi connectivity index (χ2v) is 3.97. The topological polar surface area (TPSA) is 64.4 Å². The minimum atomic E-state index is -0.975. The molecule has 5 heteroatoms. The Bertz CT molecular complexity index is 612. The highest BCUT2D eigenvalue weighted by Gasteiger charge is 2.06. The molecule has 1 aromatic heterocycles. The molecule has 0 spiro atoms. The minimum Gasteiger partial charge on any atom is -0.497 e. The van der Waals surface area contributed by atoms with Crippen LogP contribution < -0.4 is 4.74 Å². The summed E-state index contributed by atoms with van der Waals surface area (Å²) in [6, 6.07) is 7.49. The van der Waals surface area contributed by atoms with Gasteiger partial charge in [-0.25, -0.2) is 9.48 Å². The fourth-order valence-corrected chi connectivity index (χ4v) is 1.73. The van der Waals surface area contributed by atoms with Crippen LogP contribution in [0.15, 0.2) is 36.5 Å². The number of aliphatic carboxylic acids is 1. The van der Waals surface area contributed by atoms with Crippen LogP contribution in [0, 0.1) is 6.92 Å². The molecule has 0 atom stereocenters. The molecule has 0 saturated heterocycles. The van der Waals surface area contributed by atoms with E-state index in [9.17, 15) is 4.79 Å². The number of hydrogen-bond acceptors (Lipinski definition) is 3. The van der Waals surface area contributed by atoms with Crippen LogP contribution in [0.2, 0.25) is 0 Å². The first kappa shape index (κ1) is 12.9. The van der Waals surface area contributed by atoms with Crippen LogP contribution in [0.5, 0.6) is 5.75 Å². The molecule has 0 unspecified atom stereocenters. The zero-order chi connectivity index (χ0) is 13.8. The third-order valence-corrected chi connectivity index (χ3v) is 2.77. The van der Waals surface area contributed by atoms with Crippen molar-refractivity contribution in [3.63, 3.8) is 0 Å². The third kappa shape index (κ3) is 2.82. The molecule has 2 rings (SSSR count). The highest BCUT2D eigenvalue weighted by Crippen LogP contribution is 2.18. The van der Waals surface area contributed by atoms with Gasteiger partial charge in [-0.05, 0) is 37.3 Å². The van der Waals surface area contributed by atoms with Crippen molar-refractivity contribution in [3.8, 4) is 11.4 Å². The lowest BCUT2D eigenvalue weighted by Gasteiger charge is -2.05. The number of carboxylic acid groups (broad SMARTS) is 1. The average Bonchev–Trinajstić information content (AvgIpc) is 2.78. The first-order valence-electron chi connectivity index (χ1n) is 5.72. The van der Waals surface area contributed by atoms with Crippen molar-refractivity contribution in [3.05, 3.63) is 47.8 Å². The molecular formula is C14H14N2O3. The van der Waals surface area contributed by atoms with Gasteiger partial charge in [-0.3, -0.25) is 0 Å². The van der Waals surface area contributed by atoms with Crippen LogP contribution in [0.3, 0.4) is 0 Å². The second-order valence-electron chi connectivity index (χ2n) is 3.97. The van der Waals surface area contributed by atoms with E-state index in [1.165, 1.54) is 6.08 Å². The molecule has 2 aromatic rings. The largest absolute Gasteiger partial charge is 0.497 e. The van der Waals surface area contributed by atoms with E-state index >= 15 is 0 Å². The van der Waals surface area contributed by atoms with Gasteiger partial charge < -0.3 is 9.84 Å². The van der Waals surface area contributed by atoms with Crippen LogP contribution >= 0.6 is 0 Å². The van der Waals surface area contributed by atoms with Gasteiger partial charge in [-0.1, -0.05) is 0 Å². The molecule has 0 aliphatic carbocycles. The Labute approximate surface area is 110 Å². The summed E-state index contributed by atoms with van der Waals surface area (Å²) >= 11 is 0. The van der Waals surface area contributed by atoms with E-state index in [4.69, 9.17) is 9.84 Å². The third-order valence-electron chi connectivity index (χ3n) is 2.77. The van der Waals surface area contributed by atoms with Gasteiger partial charge in [0.15, 0.2) is 0 Å². The first-order chi connectivity index (χ1) is 9.11. The Hall–Kier alpha value is -2.56. The van der Waals surface area contributed by atoms with E-state index in [0.717, 1.165) is 28.8 Å². The Morgan fingerprint density at radius 1 is 1.37 bits per heavy atom. The standard InChI is InChI=1S/C14H14N2O3/c1-10-11(3-8-14(17)18)9-15-16(10)12-4-6-13(19-2)7-5-12/h3-9H,1-2H3,(H,17,18)/b8-3+. The van der Waals surface area contributed by atoms with Crippen LogP contribution in [0.1, 0.15) is 11.3 Å². The van der Waals surface area contributed by atoms with E-state index in [1.807, 2.05) is 31.2 Å². The number of aromatic nitrogens is 2. The van der Waals surface area contributed by atoms with E-state index in [1.54, 1.807) is 18.0 Å². The van der Waals surface area contributed by atoms with Crippen molar-refractivity contribution < 1.29 is 14.6 Å². The quantitative estimate of drug-likeness (QED) is 0.854. The van der Waals surface area contributed by atoms with Crippen molar-refractivity contribution in [2.75, 3.05) is 7.11 Å². The van der Waals surface area contributed by atoms with E-state index in [2.05, 4.69) is 5.10 Å². The van der Waals surface area contributed by atoms with Gasteiger partial charge in [0.25, 0.3) is 0 Å². The second kappa shape index (κ2) is 5.39. The lowest BCUT2D eigenvalue weighted by Crippen LogP contribution is -1.98. The highest BCUT2D eigenvalue weighted by molar-refractivity contribution is 5.85. The minimum absolute atomic E-state index is 0.776. The van der Waals surface area contributed by atoms with Crippen molar-refractivity contribution in [1.29, 1.82) is 0 Å². The van der Waals surface area contributed by atoms with Crippen LogP contribution in [-0.4, -0.2) is 28.0 Å². The van der Waals surface area contributed by atoms with Crippen molar-refractivity contribution >= 4 is 12.0 Å². The van der Waals surface area contributed by atoms with Crippen LogP contribution in [-0.2, 0) is 4.79 Å². The SMILES string of the molecule is COc1ccc(-n2ncc(/C=C/C(=O)O)c2C)cc1. The van der Waals surface area contributed by atoms with Gasteiger partial charge in [-0.15, -0.1) is 0 Å². The summed E-state index contributed by atoms with van der Waals surface area (Å²) < 4.78 is 6.85. The molecule has 19 heavy (non-hydrogen) atoms. The van der Waals surface area contributed by atoms with Gasteiger partial charge in [0.1, 0.15) is 5.75 Å². The van der Waals surface area contributed by atoms with Gasteiger partial charge in [0.05, 0.1) is 19.0 Å². The van der Waals surface area contributed by atoms with Gasteiger partial charge in [0, 0.05) is 17.3 Å². The van der Waals surface area contributed by atoms with E-state index < -0.39 is 5.97 Å². The number of carboxylic acids is 1. The summed E-state index contributed by atoms with van der Waals surface area (Å²) in [5.41, 5.74) is 2.55. The van der Waals surface area contributed by atoms with Gasteiger partial charge in [0.2, 0.25) is 0 Å². The van der Waals surface area contributed by atoms with Gasteiger partial charge in [-0.2, -0.15) is 5.10 Å². The molecule has 0 saturated carbocycles. The molecule has 0 radical (unpaired) electrons. The Kier molecular flexibility index (Phi) is 3.66. The molecule has 1 aromatic carbocycles. The van der Waals surface area contributed by atoms with Crippen molar-refractivity contribution in [2.45, 2.75) is 6.92 Å². The number of benzene rings is 1. The lowest BCUT2D eigenvalue weighted by atomic mass is 10.2.